The van der Waals surface area contributed by atoms with Gasteiger partial charge in [-0.3, -0.25) is 0 Å². The van der Waals surface area contributed by atoms with Gasteiger partial charge in [0.05, 0.1) is 11.2 Å². The van der Waals surface area contributed by atoms with Gasteiger partial charge in [-0.05, 0) is 43.6 Å². The van der Waals surface area contributed by atoms with Crippen molar-refractivity contribution in [2.24, 2.45) is 5.92 Å². The minimum absolute atomic E-state index is 0.254. The van der Waals surface area contributed by atoms with E-state index in [0.29, 0.717) is 34.5 Å². The van der Waals surface area contributed by atoms with Crippen LogP contribution in [0.4, 0.5) is 10.3 Å². The average molecular weight is 437 g/mol. The van der Waals surface area contributed by atoms with Crippen LogP contribution in [0.5, 0.6) is 0 Å². The summed E-state index contributed by atoms with van der Waals surface area (Å²) in [6.45, 7) is 3.07. The Bertz CT molecular complexity index is 1220. The van der Waals surface area contributed by atoms with Crippen LogP contribution in [0.1, 0.15) is 12.0 Å². The number of nitrogens with one attached hydrogen (secondary N) is 2. The molecule has 0 spiro atoms. The zero-order valence-electron chi connectivity index (χ0n) is 16.9. The van der Waals surface area contributed by atoms with Crippen molar-refractivity contribution in [3.05, 3.63) is 71.1 Å². The molecule has 1 fully saturated rings. The first-order valence-corrected chi connectivity index (χ1v) is 10.7. The van der Waals surface area contributed by atoms with Gasteiger partial charge in [0.1, 0.15) is 17.2 Å². The number of hydrogen-bond donors (Lipinski definition) is 2. The molecule has 0 aliphatic carbocycles. The predicted octanol–water partition coefficient (Wildman–Crippen LogP) is 4.51. The molecule has 0 radical (unpaired) electrons. The van der Waals surface area contributed by atoms with E-state index in [1.54, 1.807) is 18.3 Å². The number of nitrogens with zero attached hydrogens (tertiary/aromatic N) is 4. The lowest BCUT2D eigenvalue weighted by Gasteiger charge is -2.14. The molecule has 2 N–H and O–H groups in total. The summed E-state index contributed by atoms with van der Waals surface area (Å²) < 4.78 is 16.1. The Morgan fingerprint density at radius 1 is 1.13 bits per heavy atom. The standard InChI is InChI=1S/C23H22ClFN6/c24-18-7-3-2-6-17(18)21-29-20-13-28-23(27-12-16-5-1-4-8-19(16)25)30-22(20)31(21)14-15-9-10-26-11-15/h1-8,13,15,26H,9-12,14H2,(H,27,28,30). The highest BCUT2D eigenvalue weighted by atomic mass is 35.5. The topological polar surface area (TPSA) is 67.7 Å². The van der Waals surface area contributed by atoms with Gasteiger partial charge in [-0.15, -0.1) is 0 Å². The maximum Gasteiger partial charge on any atom is 0.225 e. The van der Waals surface area contributed by atoms with Crippen LogP contribution < -0.4 is 10.6 Å². The first kappa shape index (κ1) is 19.9. The fraction of sp³-hybridized carbons (Fsp3) is 0.261. The molecule has 1 aliphatic heterocycles. The molecule has 2 aromatic carbocycles. The van der Waals surface area contributed by atoms with Crippen molar-refractivity contribution in [1.29, 1.82) is 0 Å². The molecule has 1 atom stereocenters. The zero-order valence-corrected chi connectivity index (χ0v) is 17.6. The van der Waals surface area contributed by atoms with Gasteiger partial charge in [0.25, 0.3) is 0 Å². The van der Waals surface area contributed by atoms with Crippen LogP contribution in [0, 0.1) is 11.7 Å². The summed E-state index contributed by atoms with van der Waals surface area (Å²) in [5.41, 5.74) is 2.88. The summed E-state index contributed by atoms with van der Waals surface area (Å²) in [5.74, 6) is 1.46. The Labute approximate surface area is 184 Å². The number of hydrogen-bond acceptors (Lipinski definition) is 5. The highest BCUT2D eigenvalue weighted by Gasteiger charge is 2.22. The molecule has 3 heterocycles. The second kappa shape index (κ2) is 8.61. The van der Waals surface area contributed by atoms with Crippen LogP contribution in [0.3, 0.4) is 0 Å². The van der Waals surface area contributed by atoms with Gasteiger partial charge < -0.3 is 15.2 Å². The third-order valence-electron chi connectivity index (χ3n) is 5.60. The lowest BCUT2D eigenvalue weighted by Crippen LogP contribution is -2.16. The first-order valence-electron chi connectivity index (χ1n) is 10.3. The first-order chi connectivity index (χ1) is 15.2. The monoisotopic (exact) mass is 436 g/mol. The molecule has 1 saturated heterocycles. The number of halogens is 2. The summed E-state index contributed by atoms with van der Waals surface area (Å²) in [6, 6.07) is 14.4. The van der Waals surface area contributed by atoms with E-state index >= 15 is 0 Å². The zero-order chi connectivity index (χ0) is 21.2. The molecule has 1 aliphatic rings. The third-order valence-corrected chi connectivity index (χ3v) is 5.93. The molecule has 5 rings (SSSR count). The molecule has 4 aromatic rings. The third kappa shape index (κ3) is 4.11. The normalized spacial score (nSPS) is 16.1. The maximum atomic E-state index is 14.0. The second-order valence-electron chi connectivity index (χ2n) is 7.73. The highest BCUT2D eigenvalue weighted by molar-refractivity contribution is 6.33. The van der Waals surface area contributed by atoms with Crippen LogP contribution in [0.25, 0.3) is 22.6 Å². The summed E-state index contributed by atoms with van der Waals surface area (Å²) in [4.78, 5) is 13.9. The van der Waals surface area contributed by atoms with E-state index in [9.17, 15) is 4.39 Å². The van der Waals surface area contributed by atoms with Crippen LogP contribution in [-0.2, 0) is 13.1 Å². The average Bonchev–Trinajstić information content (AvgIpc) is 3.42. The van der Waals surface area contributed by atoms with E-state index in [4.69, 9.17) is 21.6 Å². The van der Waals surface area contributed by atoms with E-state index in [-0.39, 0.29) is 5.82 Å². The minimum atomic E-state index is -0.254. The van der Waals surface area contributed by atoms with E-state index < -0.39 is 0 Å². The molecular formula is C23H22ClFN6. The molecule has 158 valence electrons. The number of rotatable bonds is 6. The van der Waals surface area contributed by atoms with Crippen LogP contribution >= 0.6 is 11.6 Å². The summed E-state index contributed by atoms with van der Waals surface area (Å²) >= 11 is 6.49. The van der Waals surface area contributed by atoms with Crippen LogP contribution in [0.2, 0.25) is 5.02 Å². The number of anilines is 1. The van der Waals surface area contributed by atoms with Gasteiger partial charge in [-0.25, -0.2) is 14.4 Å². The van der Waals surface area contributed by atoms with Gasteiger partial charge in [0.15, 0.2) is 5.65 Å². The summed E-state index contributed by atoms with van der Waals surface area (Å²) in [7, 11) is 0. The van der Waals surface area contributed by atoms with E-state index in [1.165, 1.54) is 6.07 Å². The van der Waals surface area contributed by atoms with Crippen molar-refractivity contribution in [2.45, 2.75) is 19.5 Å². The molecule has 0 amide bonds. The van der Waals surface area contributed by atoms with Crippen LogP contribution in [0.15, 0.2) is 54.7 Å². The number of aromatic nitrogens is 4. The van der Waals surface area contributed by atoms with E-state index in [0.717, 1.165) is 43.1 Å². The van der Waals surface area contributed by atoms with Gasteiger partial charge >= 0.3 is 0 Å². The van der Waals surface area contributed by atoms with Gasteiger partial charge in [-0.2, -0.15) is 4.98 Å². The van der Waals surface area contributed by atoms with E-state index in [1.807, 2.05) is 30.3 Å². The number of fused-ring (bicyclic) bond motifs is 1. The van der Waals surface area contributed by atoms with Crippen molar-refractivity contribution >= 4 is 28.7 Å². The Hall–Kier alpha value is -3.03. The fourth-order valence-corrected chi connectivity index (χ4v) is 4.19. The Kier molecular flexibility index (Phi) is 5.53. The fourth-order valence-electron chi connectivity index (χ4n) is 3.97. The number of imidazole rings is 1. The SMILES string of the molecule is Fc1ccccc1CNc1ncc2nc(-c3ccccc3Cl)n(CC3CCNC3)c2n1. The lowest BCUT2D eigenvalue weighted by atomic mass is 10.1. The van der Waals surface area contributed by atoms with Gasteiger partial charge in [-0.1, -0.05) is 41.9 Å². The lowest BCUT2D eigenvalue weighted by molar-refractivity contribution is 0.490. The Morgan fingerprint density at radius 3 is 2.77 bits per heavy atom. The molecule has 2 aromatic heterocycles. The molecule has 31 heavy (non-hydrogen) atoms. The molecular weight excluding hydrogens is 415 g/mol. The van der Waals surface area contributed by atoms with Crippen molar-refractivity contribution < 1.29 is 4.39 Å². The maximum absolute atomic E-state index is 14.0. The van der Waals surface area contributed by atoms with Crippen molar-refractivity contribution in [2.75, 3.05) is 18.4 Å². The predicted molar refractivity (Wildman–Crippen MR) is 120 cm³/mol. The quantitative estimate of drug-likeness (QED) is 0.465. The van der Waals surface area contributed by atoms with Crippen molar-refractivity contribution in [3.8, 4) is 11.4 Å². The van der Waals surface area contributed by atoms with Crippen molar-refractivity contribution in [1.82, 2.24) is 24.8 Å². The van der Waals surface area contributed by atoms with E-state index in [2.05, 4.69) is 20.2 Å². The molecule has 8 heteroatoms. The Balaban J connectivity index is 1.53. The van der Waals surface area contributed by atoms with Crippen molar-refractivity contribution in [3.63, 3.8) is 0 Å². The largest absolute Gasteiger partial charge is 0.350 e. The minimum Gasteiger partial charge on any atom is -0.350 e. The highest BCUT2D eigenvalue weighted by Crippen LogP contribution is 2.31. The second-order valence-corrected chi connectivity index (χ2v) is 8.14. The molecule has 1 unspecified atom stereocenters. The molecule has 6 nitrogen and oxygen atoms in total. The molecule has 0 saturated carbocycles. The van der Waals surface area contributed by atoms with Gasteiger partial charge in [0, 0.05) is 24.2 Å². The smallest absolute Gasteiger partial charge is 0.225 e. The Morgan fingerprint density at radius 2 is 1.97 bits per heavy atom. The number of benzene rings is 2. The molecule has 0 bridgehead atoms. The van der Waals surface area contributed by atoms with Crippen LogP contribution in [-0.4, -0.2) is 32.6 Å². The van der Waals surface area contributed by atoms with Gasteiger partial charge in [0.2, 0.25) is 5.95 Å². The summed E-state index contributed by atoms with van der Waals surface area (Å²) in [5, 5.41) is 7.20. The summed E-state index contributed by atoms with van der Waals surface area (Å²) in [6.07, 6.45) is 2.81.